The molecule has 2 nitrogen and oxygen atoms in total. The van der Waals surface area contributed by atoms with Crippen molar-refractivity contribution in [1.29, 1.82) is 0 Å². The van der Waals surface area contributed by atoms with Crippen molar-refractivity contribution in [2.24, 2.45) is 5.73 Å². The van der Waals surface area contributed by atoms with Crippen molar-refractivity contribution in [3.8, 4) is 11.5 Å². The van der Waals surface area contributed by atoms with Gasteiger partial charge in [0, 0.05) is 10.6 Å². The normalized spacial score (nSPS) is 10.4. The molecule has 0 atom stereocenters. The van der Waals surface area contributed by atoms with Gasteiger partial charge in [-0.3, -0.25) is 0 Å². The molecule has 0 fully saturated rings. The smallest absolute Gasteiger partial charge is 0.165 e. The first-order valence-electron chi connectivity index (χ1n) is 5.62. The van der Waals surface area contributed by atoms with Gasteiger partial charge in [0.2, 0.25) is 0 Å². The maximum atomic E-state index is 13.5. The number of halogens is 2. The van der Waals surface area contributed by atoms with Crippen LogP contribution in [-0.2, 0) is 6.42 Å². The lowest BCUT2D eigenvalue weighted by molar-refractivity contribution is 0.438. The number of hydrogen-bond acceptors (Lipinski definition) is 2. The van der Waals surface area contributed by atoms with E-state index in [-0.39, 0.29) is 5.75 Å². The minimum Gasteiger partial charge on any atom is -0.454 e. The van der Waals surface area contributed by atoms with Crippen LogP contribution in [0.5, 0.6) is 11.5 Å². The lowest BCUT2D eigenvalue weighted by atomic mass is 10.1. The maximum absolute atomic E-state index is 13.5. The Labute approximate surface area is 110 Å². The van der Waals surface area contributed by atoms with E-state index in [1.807, 2.05) is 0 Å². The molecule has 0 unspecified atom stereocenters. The lowest BCUT2D eigenvalue weighted by Gasteiger charge is -2.12. The zero-order valence-electron chi connectivity index (χ0n) is 9.70. The Balaban J connectivity index is 2.34. The number of nitrogens with two attached hydrogens (primary N) is 1. The zero-order chi connectivity index (χ0) is 13.0. The summed E-state index contributed by atoms with van der Waals surface area (Å²) in [6.07, 6.45) is 0.587. The number of para-hydroxylation sites is 1. The summed E-state index contributed by atoms with van der Waals surface area (Å²) in [5.41, 5.74) is 6.33. The van der Waals surface area contributed by atoms with Crippen LogP contribution in [0.15, 0.2) is 42.5 Å². The van der Waals surface area contributed by atoms with Crippen molar-refractivity contribution in [1.82, 2.24) is 0 Å². The van der Waals surface area contributed by atoms with Crippen LogP contribution in [0.3, 0.4) is 0 Å². The number of ether oxygens (including phenoxy) is 1. The Kier molecular flexibility index (Phi) is 4.18. The van der Waals surface area contributed by atoms with Crippen molar-refractivity contribution in [2.45, 2.75) is 6.42 Å². The van der Waals surface area contributed by atoms with E-state index < -0.39 is 5.82 Å². The minimum absolute atomic E-state index is 0.179. The molecule has 0 aliphatic carbocycles. The van der Waals surface area contributed by atoms with Crippen LogP contribution in [0.4, 0.5) is 4.39 Å². The summed E-state index contributed by atoms with van der Waals surface area (Å²) in [6.45, 7) is 0.456. The Bertz CT molecular complexity index is 545. The Morgan fingerprint density at radius 2 is 1.78 bits per heavy atom. The summed E-state index contributed by atoms with van der Waals surface area (Å²) in [6, 6.07) is 11.5. The highest BCUT2D eigenvalue weighted by Gasteiger charge is 2.10. The van der Waals surface area contributed by atoms with E-state index in [2.05, 4.69) is 0 Å². The van der Waals surface area contributed by atoms with Crippen LogP contribution in [0.2, 0.25) is 5.02 Å². The highest BCUT2D eigenvalue weighted by molar-refractivity contribution is 6.31. The molecule has 2 N–H and O–H groups in total. The average molecular weight is 266 g/mol. The molecule has 2 aromatic rings. The Morgan fingerprint density at radius 1 is 1.06 bits per heavy atom. The Hall–Kier alpha value is -1.58. The second-order valence-electron chi connectivity index (χ2n) is 3.79. The molecule has 0 aliphatic heterocycles. The van der Waals surface area contributed by atoms with Crippen molar-refractivity contribution >= 4 is 11.6 Å². The molecule has 0 saturated heterocycles. The highest BCUT2D eigenvalue weighted by Crippen LogP contribution is 2.31. The number of rotatable bonds is 4. The van der Waals surface area contributed by atoms with Crippen molar-refractivity contribution in [2.75, 3.05) is 6.54 Å². The van der Waals surface area contributed by atoms with Crippen molar-refractivity contribution in [3.63, 3.8) is 0 Å². The quantitative estimate of drug-likeness (QED) is 0.913. The minimum atomic E-state index is -0.406. The molecule has 0 heterocycles. The van der Waals surface area contributed by atoms with Gasteiger partial charge >= 0.3 is 0 Å². The lowest BCUT2D eigenvalue weighted by Crippen LogP contribution is -2.05. The average Bonchev–Trinajstić information content (AvgIpc) is 2.36. The van der Waals surface area contributed by atoms with Gasteiger partial charge < -0.3 is 10.5 Å². The first-order chi connectivity index (χ1) is 8.72. The van der Waals surface area contributed by atoms with Crippen molar-refractivity contribution < 1.29 is 9.13 Å². The topological polar surface area (TPSA) is 35.2 Å². The first-order valence-corrected chi connectivity index (χ1v) is 6.00. The fourth-order valence-corrected chi connectivity index (χ4v) is 1.93. The third kappa shape index (κ3) is 2.81. The molecular formula is C14H13ClFNO. The third-order valence-electron chi connectivity index (χ3n) is 2.53. The molecular weight excluding hydrogens is 253 g/mol. The van der Waals surface area contributed by atoms with Gasteiger partial charge in [0.1, 0.15) is 5.75 Å². The molecule has 0 bridgehead atoms. The summed E-state index contributed by atoms with van der Waals surface area (Å²) in [7, 11) is 0. The molecule has 0 aromatic heterocycles. The standard InChI is InChI=1S/C14H13ClFNO/c15-11-4-3-7-13(10(11)8-9-17)18-14-6-2-1-5-12(14)16/h1-7H,8-9,17H2. The van der Waals surface area contributed by atoms with Crippen LogP contribution in [-0.4, -0.2) is 6.54 Å². The molecule has 0 aliphatic rings. The van der Waals surface area contributed by atoms with E-state index in [4.69, 9.17) is 22.1 Å². The van der Waals surface area contributed by atoms with E-state index in [1.165, 1.54) is 6.07 Å². The SMILES string of the molecule is NCCc1c(Cl)cccc1Oc1ccccc1F. The van der Waals surface area contributed by atoms with Gasteiger partial charge in [0.05, 0.1) is 0 Å². The van der Waals surface area contributed by atoms with Crippen LogP contribution in [0, 0.1) is 5.82 Å². The van der Waals surface area contributed by atoms with Gasteiger partial charge in [0.15, 0.2) is 11.6 Å². The largest absolute Gasteiger partial charge is 0.454 e. The molecule has 0 radical (unpaired) electrons. The molecule has 0 saturated carbocycles. The van der Waals surface area contributed by atoms with E-state index in [0.717, 1.165) is 5.56 Å². The van der Waals surface area contributed by atoms with Crippen LogP contribution in [0.25, 0.3) is 0 Å². The van der Waals surface area contributed by atoms with Gasteiger partial charge in [-0.15, -0.1) is 0 Å². The van der Waals surface area contributed by atoms with Crippen LogP contribution in [0.1, 0.15) is 5.56 Å². The second kappa shape index (κ2) is 5.85. The van der Waals surface area contributed by atoms with Gasteiger partial charge in [-0.25, -0.2) is 4.39 Å². The zero-order valence-corrected chi connectivity index (χ0v) is 10.5. The molecule has 2 rings (SSSR count). The van der Waals surface area contributed by atoms with E-state index in [9.17, 15) is 4.39 Å². The summed E-state index contributed by atoms with van der Waals surface area (Å²) in [5, 5.41) is 0.578. The van der Waals surface area contributed by atoms with Crippen LogP contribution < -0.4 is 10.5 Å². The predicted octanol–water partition coefficient (Wildman–Crippen LogP) is 3.77. The maximum Gasteiger partial charge on any atom is 0.165 e. The monoisotopic (exact) mass is 265 g/mol. The van der Waals surface area contributed by atoms with Gasteiger partial charge in [-0.05, 0) is 37.2 Å². The fraction of sp³-hybridized carbons (Fsp3) is 0.143. The van der Waals surface area contributed by atoms with Crippen LogP contribution >= 0.6 is 11.6 Å². The summed E-state index contributed by atoms with van der Waals surface area (Å²) in [4.78, 5) is 0. The number of hydrogen-bond donors (Lipinski definition) is 1. The number of benzene rings is 2. The highest BCUT2D eigenvalue weighted by atomic mass is 35.5. The molecule has 4 heteroatoms. The fourth-order valence-electron chi connectivity index (χ4n) is 1.67. The van der Waals surface area contributed by atoms with Gasteiger partial charge in [-0.1, -0.05) is 29.8 Å². The predicted molar refractivity (Wildman–Crippen MR) is 70.7 cm³/mol. The first kappa shape index (κ1) is 12.9. The molecule has 0 amide bonds. The van der Waals surface area contributed by atoms with E-state index >= 15 is 0 Å². The Morgan fingerprint density at radius 3 is 2.50 bits per heavy atom. The van der Waals surface area contributed by atoms with Crippen molar-refractivity contribution in [3.05, 3.63) is 58.9 Å². The molecule has 2 aromatic carbocycles. The summed E-state index contributed by atoms with van der Waals surface area (Å²) >= 11 is 6.08. The van der Waals surface area contributed by atoms with E-state index in [1.54, 1.807) is 36.4 Å². The molecule has 94 valence electrons. The second-order valence-corrected chi connectivity index (χ2v) is 4.19. The third-order valence-corrected chi connectivity index (χ3v) is 2.88. The molecule has 0 spiro atoms. The van der Waals surface area contributed by atoms with Gasteiger partial charge in [-0.2, -0.15) is 0 Å². The van der Waals surface area contributed by atoms with E-state index in [0.29, 0.717) is 23.7 Å². The summed E-state index contributed by atoms with van der Waals surface area (Å²) in [5.74, 6) is 0.312. The summed E-state index contributed by atoms with van der Waals surface area (Å²) < 4.78 is 19.1. The molecule has 18 heavy (non-hydrogen) atoms. The van der Waals surface area contributed by atoms with Gasteiger partial charge in [0.25, 0.3) is 0 Å².